The highest BCUT2D eigenvalue weighted by atomic mass is 15.2. The zero-order valence-corrected chi connectivity index (χ0v) is 25.8. The first-order valence-electron chi connectivity index (χ1n) is 16.6. The summed E-state index contributed by atoms with van der Waals surface area (Å²) >= 11 is 0. The fourth-order valence-corrected chi connectivity index (χ4v) is 8.38. The van der Waals surface area contributed by atoms with Gasteiger partial charge < -0.3 is 9.80 Å². The van der Waals surface area contributed by atoms with Crippen LogP contribution < -0.4 is 9.80 Å². The van der Waals surface area contributed by atoms with Crippen LogP contribution in [0.1, 0.15) is 60.1 Å². The number of nitrogens with zero attached hydrogens (tertiary/aromatic N) is 3. The maximum absolute atomic E-state index is 9.53. The van der Waals surface area contributed by atoms with Crippen molar-refractivity contribution < 1.29 is 0 Å². The van der Waals surface area contributed by atoms with E-state index in [0.717, 1.165) is 31.3 Å². The molecule has 4 aromatic carbocycles. The molecule has 0 N–H and O–H groups in total. The molecule has 3 aliphatic carbocycles. The van der Waals surface area contributed by atoms with E-state index in [-0.39, 0.29) is 12.0 Å². The van der Waals surface area contributed by atoms with Gasteiger partial charge in [0.05, 0.1) is 12.1 Å². The molecule has 2 heterocycles. The summed E-state index contributed by atoms with van der Waals surface area (Å²) in [5.41, 5.74) is 13.8. The topological polar surface area (TPSA) is 30.3 Å². The maximum atomic E-state index is 9.53. The molecule has 0 spiro atoms. The Hall–Kier alpha value is -5.33. The highest BCUT2D eigenvalue weighted by Crippen LogP contribution is 2.52. The van der Waals surface area contributed by atoms with Crippen molar-refractivity contribution in [2.45, 2.75) is 49.5 Å². The van der Waals surface area contributed by atoms with E-state index in [2.05, 4.69) is 155 Å². The number of fused-ring (bicyclic) bond motifs is 6. The summed E-state index contributed by atoms with van der Waals surface area (Å²) < 4.78 is 0. The fourth-order valence-electron chi connectivity index (χ4n) is 8.38. The Labute approximate surface area is 271 Å². The third-order valence-electron chi connectivity index (χ3n) is 10.5. The normalized spacial score (nSPS) is 23.6. The van der Waals surface area contributed by atoms with E-state index in [9.17, 15) is 5.26 Å². The second-order valence-corrected chi connectivity index (χ2v) is 13.1. The Morgan fingerprint density at radius 3 is 2.57 bits per heavy atom. The van der Waals surface area contributed by atoms with Crippen molar-refractivity contribution >= 4 is 22.7 Å². The molecule has 0 bridgehead atoms. The molecular formula is C43H35N3. The molecule has 0 fully saturated rings. The van der Waals surface area contributed by atoms with Crippen molar-refractivity contribution in [1.29, 1.82) is 5.26 Å². The Balaban J connectivity index is 1.09. The first kappa shape index (κ1) is 27.0. The Morgan fingerprint density at radius 1 is 0.739 bits per heavy atom. The van der Waals surface area contributed by atoms with Gasteiger partial charge in [0.25, 0.3) is 0 Å². The molecule has 9 rings (SSSR count). The first-order valence-corrected chi connectivity index (χ1v) is 16.6. The number of allylic oxidation sites excluding steroid dienone is 8. The number of benzene rings is 4. The van der Waals surface area contributed by atoms with Gasteiger partial charge in [-0.15, -0.1) is 0 Å². The van der Waals surface area contributed by atoms with Gasteiger partial charge in [-0.3, -0.25) is 0 Å². The maximum Gasteiger partial charge on any atom is 0.0943 e. The molecule has 0 saturated carbocycles. The molecule has 0 radical (unpaired) electrons. The smallest absolute Gasteiger partial charge is 0.0943 e. The number of anilines is 4. The quantitative estimate of drug-likeness (QED) is 0.236. The van der Waals surface area contributed by atoms with Crippen molar-refractivity contribution in [3.8, 4) is 17.2 Å². The van der Waals surface area contributed by atoms with Crippen molar-refractivity contribution in [2.24, 2.45) is 0 Å². The lowest BCUT2D eigenvalue weighted by atomic mass is 9.86. The summed E-state index contributed by atoms with van der Waals surface area (Å²) in [4.78, 5) is 4.98. The molecule has 4 aromatic rings. The second-order valence-electron chi connectivity index (χ2n) is 13.1. The minimum atomic E-state index is 0.234. The summed E-state index contributed by atoms with van der Waals surface area (Å²) in [5.74, 6) is 1.01. The van der Waals surface area contributed by atoms with Crippen LogP contribution in [-0.4, -0.2) is 6.04 Å². The molecule has 4 atom stereocenters. The molecule has 4 unspecified atom stereocenters. The lowest BCUT2D eigenvalue weighted by molar-refractivity contribution is 0.642. The Morgan fingerprint density at radius 2 is 1.61 bits per heavy atom. The number of hydrogen-bond acceptors (Lipinski definition) is 3. The van der Waals surface area contributed by atoms with E-state index >= 15 is 0 Å². The van der Waals surface area contributed by atoms with Crippen LogP contribution in [0.3, 0.4) is 0 Å². The predicted octanol–water partition coefficient (Wildman–Crippen LogP) is 10.9. The zero-order valence-electron chi connectivity index (χ0n) is 25.8. The second kappa shape index (κ2) is 10.9. The fraction of sp³-hybridized carbons (Fsp3) is 0.186. The number of nitriles is 1. The molecular weight excluding hydrogens is 558 g/mol. The van der Waals surface area contributed by atoms with Gasteiger partial charge in [0, 0.05) is 51.8 Å². The highest BCUT2D eigenvalue weighted by Gasteiger charge is 2.38. The molecule has 3 nitrogen and oxygen atoms in total. The average Bonchev–Trinajstić information content (AvgIpc) is 3.64. The third-order valence-corrected chi connectivity index (χ3v) is 10.5. The SMILES string of the molecule is N#CC1=CC(c2cccc(N3c4ccc(-c5cccc(N6C7=CC=CCC7c7ccccc76)c5)cc4C4C=CC=CC43)c2)CCC1. The zero-order chi connectivity index (χ0) is 30.6. The van der Waals surface area contributed by atoms with Crippen LogP contribution in [0.15, 0.2) is 151 Å². The number of hydrogen-bond donors (Lipinski definition) is 0. The average molecular weight is 594 g/mol. The van der Waals surface area contributed by atoms with Crippen molar-refractivity contribution in [3.63, 3.8) is 0 Å². The molecule has 0 aromatic heterocycles. The predicted molar refractivity (Wildman–Crippen MR) is 189 cm³/mol. The van der Waals surface area contributed by atoms with E-state index in [0.29, 0.717) is 11.8 Å². The van der Waals surface area contributed by atoms with Crippen LogP contribution in [0.25, 0.3) is 11.1 Å². The van der Waals surface area contributed by atoms with Gasteiger partial charge in [0.2, 0.25) is 0 Å². The summed E-state index contributed by atoms with van der Waals surface area (Å²) in [7, 11) is 0. The van der Waals surface area contributed by atoms with E-state index in [1.54, 1.807) is 0 Å². The van der Waals surface area contributed by atoms with Crippen molar-refractivity contribution in [2.75, 3.05) is 9.80 Å². The van der Waals surface area contributed by atoms with Crippen LogP contribution in [0.5, 0.6) is 0 Å². The summed E-state index contributed by atoms with van der Waals surface area (Å²) in [5, 5.41) is 9.53. The van der Waals surface area contributed by atoms with Gasteiger partial charge >= 0.3 is 0 Å². The van der Waals surface area contributed by atoms with Crippen molar-refractivity contribution in [1.82, 2.24) is 0 Å². The lowest BCUT2D eigenvalue weighted by Crippen LogP contribution is -2.28. The van der Waals surface area contributed by atoms with Crippen molar-refractivity contribution in [3.05, 3.63) is 168 Å². The molecule has 3 heteroatoms. The van der Waals surface area contributed by atoms with Crippen LogP contribution in [0, 0.1) is 11.3 Å². The Kier molecular flexibility index (Phi) is 6.42. The van der Waals surface area contributed by atoms with Gasteiger partial charge in [-0.25, -0.2) is 0 Å². The van der Waals surface area contributed by atoms with Crippen LogP contribution in [-0.2, 0) is 0 Å². The van der Waals surface area contributed by atoms with Gasteiger partial charge in [-0.2, -0.15) is 5.26 Å². The van der Waals surface area contributed by atoms with E-state index < -0.39 is 0 Å². The molecule has 5 aliphatic rings. The molecule has 0 amide bonds. The standard InChI is InChI=1S/C43H35N3/c44-28-29-10-7-11-30(24-29)31-12-8-15-35(25-31)46-42-21-6-3-18-38(42)39-27-33(22-23-43(39)46)32-13-9-14-34(26-32)45-40-19-4-1-16-36(40)37-17-2-5-20-41(37)45/h1-6,8-9,12-16,18-27,30,37-38,42H,7,10-11,17H2. The van der Waals surface area contributed by atoms with Crippen LogP contribution in [0.2, 0.25) is 0 Å². The molecule has 46 heavy (non-hydrogen) atoms. The van der Waals surface area contributed by atoms with Crippen LogP contribution in [0.4, 0.5) is 22.7 Å². The molecule has 2 aliphatic heterocycles. The molecule has 222 valence electrons. The summed E-state index contributed by atoms with van der Waals surface area (Å²) in [6.45, 7) is 0. The third kappa shape index (κ3) is 4.32. The van der Waals surface area contributed by atoms with Gasteiger partial charge in [-0.05, 0) is 102 Å². The number of para-hydroxylation sites is 1. The number of rotatable bonds is 4. The monoisotopic (exact) mass is 593 g/mol. The van der Waals surface area contributed by atoms with Gasteiger partial charge in [-0.1, -0.05) is 91.1 Å². The minimum Gasteiger partial charge on any atom is -0.333 e. The summed E-state index contributed by atoms with van der Waals surface area (Å²) in [6, 6.07) is 36.6. The highest BCUT2D eigenvalue weighted by molar-refractivity contribution is 5.83. The van der Waals surface area contributed by atoms with E-state index in [1.807, 2.05) is 0 Å². The summed E-state index contributed by atoms with van der Waals surface area (Å²) in [6.07, 6.45) is 22.2. The van der Waals surface area contributed by atoms with E-state index in [4.69, 9.17) is 0 Å². The molecule has 0 saturated heterocycles. The van der Waals surface area contributed by atoms with E-state index in [1.165, 1.54) is 56.3 Å². The minimum absolute atomic E-state index is 0.234. The van der Waals surface area contributed by atoms with Crippen LogP contribution >= 0.6 is 0 Å². The van der Waals surface area contributed by atoms with Gasteiger partial charge in [0.1, 0.15) is 0 Å². The largest absolute Gasteiger partial charge is 0.333 e. The Bertz CT molecular complexity index is 2070. The van der Waals surface area contributed by atoms with Gasteiger partial charge in [0.15, 0.2) is 0 Å². The lowest BCUT2D eigenvalue weighted by Gasteiger charge is -2.29. The first-order chi connectivity index (χ1) is 22.8.